The summed E-state index contributed by atoms with van der Waals surface area (Å²) in [6, 6.07) is -0.244. The van der Waals surface area contributed by atoms with Gasteiger partial charge in [-0.3, -0.25) is 4.79 Å². The van der Waals surface area contributed by atoms with Crippen LogP contribution in [-0.2, 0) is 0 Å². The van der Waals surface area contributed by atoms with E-state index in [2.05, 4.69) is 20.9 Å². The second kappa shape index (κ2) is 8.35. The molecule has 2 fully saturated rings. The van der Waals surface area contributed by atoms with Gasteiger partial charge in [0.2, 0.25) is 0 Å². The van der Waals surface area contributed by atoms with Crippen LogP contribution in [0.1, 0.15) is 55.1 Å². The molecule has 2 aliphatic rings. The third-order valence-electron chi connectivity index (χ3n) is 4.90. The maximum Gasteiger partial charge on any atom is 0.391 e. The lowest BCUT2D eigenvalue weighted by Gasteiger charge is -2.30. The molecule has 2 heterocycles. The van der Waals surface area contributed by atoms with Crippen molar-refractivity contribution in [2.75, 3.05) is 13.1 Å². The lowest BCUT2D eigenvalue weighted by Crippen LogP contribution is -2.41. The summed E-state index contributed by atoms with van der Waals surface area (Å²) in [7, 11) is 0. The van der Waals surface area contributed by atoms with Crippen molar-refractivity contribution in [1.29, 1.82) is 0 Å². The van der Waals surface area contributed by atoms with E-state index in [1.807, 2.05) is 0 Å². The van der Waals surface area contributed by atoms with E-state index >= 15 is 0 Å². The zero-order valence-corrected chi connectivity index (χ0v) is 14.6. The average molecular weight is 382 g/mol. The van der Waals surface area contributed by atoms with Crippen LogP contribution in [0.4, 0.5) is 13.2 Å². The number of rotatable bonds is 3. The summed E-state index contributed by atoms with van der Waals surface area (Å²) in [6.07, 6.45) is 0.356. The first-order valence-electron chi connectivity index (χ1n) is 8.43. The second-order valence-electron chi connectivity index (χ2n) is 6.64. The maximum absolute atomic E-state index is 12.8. The van der Waals surface area contributed by atoms with Gasteiger partial charge in [0.25, 0.3) is 5.91 Å². The van der Waals surface area contributed by atoms with Crippen LogP contribution in [0.25, 0.3) is 0 Å². The molecule has 6 nitrogen and oxygen atoms in total. The molecule has 1 aliphatic heterocycles. The summed E-state index contributed by atoms with van der Waals surface area (Å²) in [5.41, 5.74) is 0.169. The van der Waals surface area contributed by atoms with Gasteiger partial charge in [0, 0.05) is 6.04 Å². The standard InChI is InChI=1S/C15H22F3N5O.ClH/c16-15(17,18)10-2-1-3-11(8-10)20-14(24)13-9-23(22-21-13)12-4-6-19-7-5-12;/h9-12,19H,1-8H2,(H,20,24);1H. The van der Waals surface area contributed by atoms with E-state index in [-0.39, 0.29) is 37.0 Å². The number of nitrogens with zero attached hydrogens (tertiary/aromatic N) is 3. The van der Waals surface area contributed by atoms with Gasteiger partial charge < -0.3 is 10.6 Å². The molecule has 1 aliphatic carbocycles. The molecule has 0 bridgehead atoms. The van der Waals surface area contributed by atoms with Gasteiger partial charge in [0.15, 0.2) is 5.69 Å². The van der Waals surface area contributed by atoms with Gasteiger partial charge in [-0.2, -0.15) is 13.2 Å². The minimum atomic E-state index is -4.19. The van der Waals surface area contributed by atoms with E-state index in [4.69, 9.17) is 0 Å². The van der Waals surface area contributed by atoms with Crippen molar-refractivity contribution < 1.29 is 18.0 Å². The number of alkyl halides is 3. The zero-order valence-electron chi connectivity index (χ0n) is 13.8. The second-order valence-corrected chi connectivity index (χ2v) is 6.64. The van der Waals surface area contributed by atoms with Gasteiger partial charge in [-0.25, -0.2) is 4.68 Å². The van der Waals surface area contributed by atoms with Crippen molar-refractivity contribution >= 4 is 18.3 Å². The molecule has 1 aromatic rings. The fourth-order valence-corrected chi connectivity index (χ4v) is 3.51. The van der Waals surface area contributed by atoms with Gasteiger partial charge >= 0.3 is 6.18 Å². The van der Waals surface area contributed by atoms with E-state index in [1.54, 1.807) is 10.9 Å². The van der Waals surface area contributed by atoms with Crippen molar-refractivity contribution in [3.05, 3.63) is 11.9 Å². The molecule has 1 saturated heterocycles. The average Bonchev–Trinajstić information content (AvgIpc) is 3.05. The minimum absolute atomic E-state index is 0. The largest absolute Gasteiger partial charge is 0.391 e. The highest BCUT2D eigenvalue weighted by Gasteiger charge is 2.42. The lowest BCUT2D eigenvalue weighted by atomic mass is 9.85. The van der Waals surface area contributed by atoms with Crippen molar-refractivity contribution in [3.8, 4) is 0 Å². The Kier molecular flexibility index (Phi) is 6.67. The molecule has 2 atom stereocenters. The summed E-state index contributed by atoms with van der Waals surface area (Å²) in [5, 5.41) is 13.8. The number of piperidine rings is 1. The Hall–Kier alpha value is -1.35. The molecular formula is C15H23ClF3N5O. The Morgan fingerprint density at radius 1 is 1.24 bits per heavy atom. The van der Waals surface area contributed by atoms with Crippen LogP contribution < -0.4 is 10.6 Å². The van der Waals surface area contributed by atoms with Gasteiger partial charge in [-0.15, -0.1) is 17.5 Å². The zero-order chi connectivity index (χ0) is 17.2. The number of carbonyl (C=O) groups is 1. The summed E-state index contributed by atoms with van der Waals surface area (Å²) < 4.78 is 40.2. The van der Waals surface area contributed by atoms with Gasteiger partial charge in [0.1, 0.15) is 0 Å². The normalized spacial score (nSPS) is 25.2. The first-order valence-corrected chi connectivity index (χ1v) is 8.43. The van der Waals surface area contributed by atoms with Crippen molar-refractivity contribution in [2.24, 2.45) is 5.92 Å². The molecule has 142 valence electrons. The molecule has 10 heteroatoms. The van der Waals surface area contributed by atoms with Crippen molar-refractivity contribution in [1.82, 2.24) is 25.6 Å². The lowest BCUT2D eigenvalue weighted by molar-refractivity contribution is -0.183. The monoisotopic (exact) mass is 381 g/mol. The van der Waals surface area contributed by atoms with Crippen LogP contribution in [0.5, 0.6) is 0 Å². The quantitative estimate of drug-likeness (QED) is 0.843. The molecule has 1 saturated carbocycles. The molecule has 1 aromatic heterocycles. The van der Waals surface area contributed by atoms with Gasteiger partial charge in [-0.05, 0) is 45.2 Å². The van der Waals surface area contributed by atoms with Crippen LogP contribution >= 0.6 is 12.4 Å². The number of aromatic nitrogens is 3. The topological polar surface area (TPSA) is 71.8 Å². The third-order valence-corrected chi connectivity index (χ3v) is 4.90. The van der Waals surface area contributed by atoms with Crippen LogP contribution in [0.15, 0.2) is 6.20 Å². The Balaban J connectivity index is 0.00000225. The molecule has 25 heavy (non-hydrogen) atoms. The van der Waals surface area contributed by atoms with Crippen molar-refractivity contribution in [2.45, 2.75) is 56.8 Å². The molecule has 2 unspecified atom stereocenters. The summed E-state index contributed by atoms with van der Waals surface area (Å²) in [5.74, 6) is -1.77. The molecule has 2 N–H and O–H groups in total. The fraction of sp³-hybridized carbons (Fsp3) is 0.800. The first kappa shape index (κ1) is 20.0. The summed E-state index contributed by atoms with van der Waals surface area (Å²) in [4.78, 5) is 12.2. The third kappa shape index (κ3) is 5.07. The SMILES string of the molecule is Cl.O=C(NC1CCCC(C(F)(F)F)C1)c1cn(C2CCNCC2)nn1. The van der Waals surface area contributed by atoms with Crippen LogP contribution in [-0.4, -0.2) is 46.2 Å². The van der Waals surface area contributed by atoms with E-state index < -0.39 is 24.0 Å². The Bertz CT molecular complexity index is 574. The predicted molar refractivity (Wildman–Crippen MR) is 87.7 cm³/mol. The Labute approximate surface area is 150 Å². The summed E-state index contributed by atoms with van der Waals surface area (Å²) in [6.45, 7) is 1.79. The molecule has 0 spiro atoms. The Morgan fingerprint density at radius 3 is 2.64 bits per heavy atom. The predicted octanol–water partition coefficient (Wildman–Crippen LogP) is 2.48. The number of nitrogens with one attached hydrogen (secondary N) is 2. The first-order chi connectivity index (χ1) is 11.4. The number of hydrogen-bond donors (Lipinski definition) is 2. The van der Waals surface area contributed by atoms with Gasteiger partial charge in [-0.1, -0.05) is 11.6 Å². The Morgan fingerprint density at radius 2 is 1.96 bits per heavy atom. The van der Waals surface area contributed by atoms with E-state index in [0.717, 1.165) is 25.9 Å². The fourth-order valence-electron chi connectivity index (χ4n) is 3.51. The highest BCUT2D eigenvalue weighted by atomic mass is 35.5. The highest BCUT2D eigenvalue weighted by Crippen LogP contribution is 2.37. The van der Waals surface area contributed by atoms with E-state index in [9.17, 15) is 18.0 Å². The van der Waals surface area contributed by atoms with Gasteiger partial charge in [0.05, 0.1) is 18.2 Å². The minimum Gasteiger partial charge on any atom is -0.348 e. The summed E-state index contributed by atoms with van der Waals surface area (Å²) >= 11 is 0. The van der Waals surface area contributed by atoms with Crippen LogP contribution in [0, 0.1) is 5.92 Å². The number of amides is 1. The maximum atomic E-state index is 12.8. The smallest absolute Gasteiger partial charge is 0.348 e. The highest BCUT2D eigenvalue weighted by molar-refractivity contribution is 5.92. The number of carbonyl (C=O) groups excluding carboxylic acids is 1. The molecular weight excluding hydrogens is 359 g/mol. The van der Waals surface area contributed by atoms with Crippen LogP contribution in [0.3, 0.4) is 0 Å². The number of halogens is 4. The van der Waals surface area contributed by atoms with E-state index in [0.29, 0.717) is 12.8 Å². The van der Waals surface area contributed by atoms with Crippen LogP contribution in [0.2, 0.25) is 0 Å². The molecule has 0 aromatic carbocycles. The van der Waals surface area contributed by atoms with Crippen molar-refractivity contribution in [3.63, 3.8) is 0 Å². The number of hydrogen-bond acceptors (Lipinski definition) is 4. The molecule has 3 rings (SSSR count). The molecule has 0 radical (unpaired) electrons. The molecule has 1 amide bonds. The van der Waals surface area contributed by atoms with E-state index in [1.165, 1.54) is 0 Å².